The van der Waals surface area contributed by atoms with Crippen molar-refractivity contribution in [1.82, 2.24) is 4.98 Å². The SMILES string of the molecule is CCCc1c(C)ncc(S(C)(=O)=O)c1C. The van der Waals surface area contributed by atoms with E-state index in [4.69, 9.17) is 0 Å². The lowest BCUT2D eigenvalue weighted by Gasteiger charge is -2.11. The molecule has 0 saturated heterocycles. The van der Waals surface area contributed by atoms with E-state index in [9.17, 15) is 8.42 Å². The van der Waals surface area contributed by atoms with Crippen LogP contribution in [-0.4, -0.2) is 19.7 Å². The van der Waals surface area contributed by atoms with Gasteiger partial charge in [-0.1, -0.05) is 13.3 Å². The van der Waals surface area contributed by atoms with E-state index in [1.165, 1.54) is 12.5 Å². The van der Waals surface area contributed by atoms with E-state index in [1.807, 2.05) is 13.8 Å². The van der Waals surface area contributed by atoms with Crippen molar-refractivity contribution >= 4 is 9.84 Å². The Balaban J connectivity index is 3.42. The summed E-state index contributed by atoms with van der Waals surface area (Å²) in [5.74, 6) is 0. The molecule has 1 aromatic rings. The zero-order chi connectivity index (χ0) is 11.6. The highest BCUT2D eigenvalue weighted by Crippen LogP contribution is 2.21. The molecule has 0 aliphatic rings. The van der Waals surface area contributed by atoms with Gasteiger partial charge in [-0.3, -0.25) is 4.98 Å². The van der Waals surface area contributed by atoms with Gasteiger partial charge in [0, 0.05) is 18.1 Å². The number of rotatable bonds is 3. The van der Waals surface area contributed by atoms with Crippen LogP contribution in [-0.2, 0) is 16.3 Å². The summed E-state index contributed by atoms with van der Waals surface area (Å²) < 4.78 is 23.0. The number of sulfone groups is 1. The van der Waals surface area contributed by atoms with Crippen molar-refractivity contribution in [3.05, 3.63) is 23.0 Å². The third-order valence-electron chi connectivity index (χ3n) is 2.53. The molecule has 0 saturated carbocycles. The van der Waals surface area contributed by atoms with Crippen molar-refractivity contribution in [3.8, 4) is 0 Å². The standard InChI is InChI=1S/C11H17NO2S/c1-5-6-10-8(2)11(15(4,13)14)7-12-9(10)3/h7H,5-6H2,1-4H3. The topological polar surface area (TPSA) is 47.0 Å². The molecule has 4 heteroatoms. The van der Waals surface area contributed by atoms with Gasteiger partial charge in [0.2, 0.25) is 0 Å². The molecular weight excluding hydrogens is 210 g/mol. The Kier molecular flexibility index (Phi) is 3.50. The van der Waals surface area contributed by atoms with Crippen LogP contribution in [0.5, 0.6) is 0 Å². The quantitative estimate of drug-likeness (QED) is 0.794. The molecule has 0 aromatic carbocycles. The highest BCUT2D eigenvalue weighted by molar-refractivity contribution is 7.90. The molecule has 0 radical (unpaired) electrons. The van der Waals surface area contributed by atoms with Crippen molar-refractivity contribution in [3.63, 3.8) is 0 Å². The van der Waals surface area contributed by atoms with Gasteiger partial charge in [0.1, 0.15) is 0 Å². The van der Waals surface area contributed by atoms with Crippen LogP contribution in [0.2, 0.25) is 0 Å². The summed E-state index contributed by atoms with van der Waals surface area (Å²) in [7, 11) is -3.15. The molecule has 0 amide bonds. The van der Waals surface area contributed by atoms with Crippen LogP contribution in [0.4, 0.5) is 0 Å². The summed E-state index contributed by atoms with van der Waals surface area (Å²) in [6.45, 7) is 5.85. The molecule has 0 bridgehead atoms. The van der Waals surface area contributed by atoms with Gasteiger partial charge in [-0.2, -0.15) is 0 Å². The summed E-state index contributed by atoms with van der Waals surface area (Å²) >= 11 is 0. The Hall–Kier alpha value is -0.900. The first-order valence-electron chi connectivity index (χ1n) is 5.03. The predicted molar refractivity (Wildman–Crippen MR) is 60.8 cm³/mol. The lowest BCUT2D eigenvalue weighted by atomic mass is 10.0. The Morgan fingerprint density at radius 3 is 2.40 bits per heavy atom. The molecule has 0 N–H and O–H groups in total. The van der Waals surface area contributed by atoms with Crippen LogP contribution in [0.1, 0.15) is 30.2 Å². The lowest BCUT2D eigenvalue weighted by Crippen LogP contribution is -2.06. The van der Waals surface area contributed by atoms with Gasteiger partial charge in [-0.25, -0.2) is 8.42 Å². The molecule has 1 aromatic heterocycles. The number of nitrogens with zero attached hydrogens (tertiary/aromatic N) is 1. The van der Waals surface area contributed by atoms with Gasteiger partial charge in [-0.05, 0) is 31.4 Å². The van der Waals surface area contributed by atoms with E-state index in [0.717, 1.165) is 29.7 Å². The zero-order valence-corrected chi connectivity index (χ0v) is 10.5. The second-order valence-corrected chi connectivity index (χ2v) is 5.82. The fourth-order valence-electron chi connectivity index (χ4n) is 1.74. The first-order chi connectivity index (χ1) is 6.88. The van der Waals surface area contributed by atoms with E-state index in [0.29, 0.717) is 4.90 Å². The monoisotopic (exact) mass is 227 g/mol. The van der Waals surface area contributed by atoms with Crippen molar-refractivity contribution < 1.29 is 8.42 Å². The average molecular weight is 227 g/mol. The maximum atomic E-state index is 11.5. The zero-order valence-electron chi connectivity index (χ0n) is 9.66. The predicted octanol–water partition coefficient (Wildman–Crippen LogP) is 2.05. The molecule has 0 aliphatic heterocycles. The van der Waals surface area contributed by atoms with E-state index in [-0.39, 0.29) is 0 Å². The number of aromatic nitrogens is 1. The minimum Gasteiger partial charge on any atom is -0.260 e. The fraction of sp³-hybridized carbons (Fsp3) is 0.545. The van der Waals surface area contributed by atoms with Gasteiger partial charge in [0.05, 0.1) is 4.90 Å². The number of hydrogen-bond donors (Lipinski definition) is 0. The van der Waals surface area contributed by atoms with Crippen molar-refractivity contribution in [2.24, 2.45) is 0 Å². The van der Waals surface area contributed by atoms with E-state index in [2.05, 4.69) is 11.9 Å². The van der Waals surface area contributed by atoms with Gasteiger partial charge >= 0.3 is 0 Å². The number of aryl methyl sites for hydroxylation is 1. The highest BCUT2D eigenvalue weighted by atomic mass is 32.2. The molecule has 0 atom stereocenters. The summed E-state index contributed by atoms with van der Waals surface area (Å²) in [6, 6.07) is 0. The second kappa shape index (κ2) is 4.31. The smallest absolute Gasteiger partial charge is 0.177 e. The Morgan fingerprint density at radius 2 is 1.93 bits per heavy atom. The first kappa shape index (κ1) is 12.2. The van der Waals surface area contributed by atoms with Crippen LogP contribution in [0.3, 0.4) is 0 Å². The molecule has 0 spiro atoms. The van der Waals surface area contributed by atoms with Crippen molar-refractivity contribution in [2.45, 2.75) is 38.5 Å². The summed E-state index contributed by atoms with van der Waals surface area (Å²) in [4.78, 5) is 4.50. The summed E-state index contributed by atoms with van der Waals surface area (Å²) in [6.07, 6.45) is 4.56. The maximum absolute atomic E-state index is 11.5. The Labute approximate surface area is 91.5 Å². The summed E-state index contributed by atoms with van der Waals surface area (Å²) in [5.41, 5.74) is 2.86. The van der Waals surface area contributed by atoms with Crippen molar-refractivity contribution in [2.75, 3.05) is 6.26 Å². The molecule has 84 valence electrons. The van der Waals surface area contributed by atoms with Crippen LogP contribution < -0.4 is 0 Å². The van der Waals surface area contributed by atoms with Gasteiger partial charge in [-0.15, -0.1) is 0 Å². The lowest BCUT2D eigenvalue weighted by molar-refractivity contribution is 0.600. The molecule has 0 fully saturated rings. The minimum atomic E-state index is -3.15. The summed E-state index contributed by atoms with van der Waals surface area (Å²) in [5, 5.41) is 0. The molecule has 15 heavy (non-hydrogen) atoms. The Morgan fingerprint density at radius 1 is 1.33 bits per heavy atom. The normalized spacial score (nSPS) is 11.7. The van der Waals surface area contributed by atoms with Crippen LogP contribution in [0, 0.1) is 13.8 Å². The largest absolute Gasteiger partial charge is 0.260 e. The van der Waals surface area contributed by atoms with Crippen molar-refractivity contribution in [1.29, 1.82) is 0 Å². The molecular formula is C11H17NO2S. The molecule has 0 unspecified atom stereocenters. The van der Waals surface area contributed by atoms with E-state index in [1.54, 1.807) is 0 Å². The highest BCUT2D eigenvalue weighted by Gasteiger charge is 2.15. The average Bonchev–Trinajstić information content (AvgIpc) is 2.09. The van der Waals surface area contributed by atoms with Gasteiger partial charge in [0.15, 0.2) is 9.84 Å². The van der Waals surface area contributed by atoms with Crippen LogP contribution in [0.25, 0.3) is 0 Å². The fourth-order valence-corrected chi connectivity index (χ4v) is 2.67. The number of pyridine rings is 1. The van der Waals surface area contributed by atoms with Gasteiger partial charge < -0.3 is 0 Å². The molecule has 1 heterocycles. The van der Waals surface area contributed by atoms with Crippen LogP contribution >= 0.6 is 0 Å². The molecule has 1 rings (SSSR count). The third kappa shape index (κ3) is 2.56. The van der Waals surface area contributed by atoms with Gasteiger partial charge in [0.25, 0.3) is 0 Å². The maximum Gasteiger partial charge on any atom is 0.177 e. The Bertz CT molecular complexity index is 464. The van der Waals surface area contributed by atoms with Crippen LogP contribution in [0.15, 0.2) is 11.1 Å². The second-order valence-electron chi connectivity index (χ2n) is 3.83. The minimum absolute atomic E-state index is 0.358. The molecule has 0 aliphatic carbocycles. The number of hydrogen-bond acceptors (Lipinski definition) is 3. The third-order valence-corrected chi connectivity index (χ3v) is 3.74. The van der Waals surface area contributed by atoms with E-state index >= 15 is 0 Å². The molecule has 3 nitrogen and oxygen atoms in total. The van der Waals surface area contributed by atoms with E-state index < -0.39 is 9.84 Å². The first-order valence-corrected chi connectivity index (χ1v) is 6.92.